The lowest BCUT2D eigenvalue weighted by atomic mass is 10.3. The van der Waals surface area contributed by atoms with Gasteiger partial charge in [0.2, 0.25) is 11.8 Å². The van der Waals surface area contributed by atoms with Crippen LogP contribution in [0, 0.1) is 6.92 Å². The fourth-order valence-electron chi connectivity index (χ4n) is 3.00. The lowest BCUT2D eigenvalue weighted by molar-refractivity contribution is -0.131. The summed E-state index contributed by atoms with van der Waals surface area (Å²) in [6.07, 6.45) is 3.57. The largest absolute Gasteiger partial charge is 0.274 e. The first-order valence-corrected chi connectivity index (χ1v) is 11.9. The quantitative estimate of drug-likeness (QED) is 0.136. The molecule has 15 heteroatoms. The van der Waals surface area contributed by atoms with Gasteiger partial charge >= 0.3 is 0 Å². The molecule has 0 aromatic carbocycles. The number of amides is 2. The molecule has 1 fully saturated rings. The molecule has 2 amide bonds. The Balaban J connectivity index is 0.000000143. The van der Waals surface area contributed by atoms with Crippen LogP contribution in [0.2, 0.25) is 10.3 Å². The zero-order valence-corrected chi connectivity index (χ0v) is 22.3. The summed E-state index contributed by atoms with van der Waals surface area (Å²) in [4.78, 5) is 36.8. The fourth-order valence-corrected chi connectivity index (χ4v) is 4.25. The van der Waals surface area contributed by atoms with Crippen molar-refractivity contribution in [3.05, 3.63) is 34.3 Å². The molecule has 0 radical (unpaired) electrons. The minimum atomic E-state index is -0.144. The average Bonchev–Trinajstić information content (AvgIpc) is 3.39. The average molecular weight is 622 g/mol. The molecule has 0 spiro atoms. The Morgan fingerprint density at radius 1 is 0.879 bits per heavy atom. The van der Waals surface area contributed by atoms with E-state index >= 15 is 0 Å². The lowest BCUT2D eigenvalue weighted by Crippen LogP contribution is -2.16. The first-order valence-electron chi connectivity index (χ1n) is 9.35. The zero-order valence-electron chi connectivity index (χ0n) is 17.6. The summed E-state index contributed by atoms with van der Waals surface area (Å²) >= 11 is 17.9. The first-order chi connectivity index (χ1) is 15.6. The molecule has 5 heterocycles. The van der Waals surface area contributed by atoms with Gasteiger partial charge in [-0.25, -0.2) is 23.9 Å². The van der Waals surface area contributed by atoms with E-state index < -0.39 is 0 Å². The number of aryl methyl sites for hydroxylation is 3. The van der Waals surface area contributed by atoms with E-state index in [4.69, 9.17) is 23.2 Å². The third-order valence-corrected chi connectivity index (χ3v) is 6.41. The van der Waals surface area contributed by atoms with Crippen LogP contribution in [-0.2, 0) is 29.0 Å². The van der Waals surface area contributed by atoms with E-state index in [0.29, 0.717) is 28.5 Å². The Hall–Kier alpha value is -2.22. The molecule has 4 aromatic rings. The smallest absolute Gasteiger partial charge is 0.239 e. The number of carbonyl (C=O) groups excluding carboxylic acids is 2. The number of carbonyl (C=O) groups is 2. The van der Waals surface area contributed by atoms with Crippen molar-refractivity contribution in [2.24, 2.45) is 14.1 Å². The summed E-state index contributed by atoms with van der Waals surface area (Å²) in [6.45, 7) is 1.89. The van der Waals surface area contributed by atoms with Crippen LogP contribution in [0.1, 0.15) is 24.2 Å². The summed E-state index contributed by atoms with van der Waals surface area (Å²) in [5.41, 5.74) is 3.25. The standard InChI is InChI=1S/C7H6BrClN4.C7H7ClN4.C4H4BrNO2/c1-13-7-5(4(2-8)12-13)6(9)10-3-11-7;1-4-5-6(8)9-3-10-7(5)12(2)11-4;5-6-3(7)1-2-4(6)8/h3H,2H2,1H3;3H,1-2H3;1-2H2. The van der Waals surface area contributed by atoms with Gasteiger partial charge in [-0.15, -0.1) is 0 Å². The van der Waals surface area contributed by atoms with Crippen LogP contribution >= 0.6 is 55.3 Å². The highest BCUT2D eigenvalue weighted by atomic mass is 79.9. The van der Waals surface area contributed by atoms with E-state index in [1.165, 1.54) is 12.7 Å². The van der Waals surface area contributed by atoms with Gasteiger partial charge in [0.1, 0.15) is 23.0 Å². The molecule has 4 aromatic heterocycles. The second-order valence-corrected chi connectivity index (χ2v) is 8.69. The molecule has 0 saturated carbocycles. The van der Waals surface area contributed by atoms with Crippen molar-refractivity contribution in [2.45, 2.75) is 25.1 Å². The summed E-state index contributed by atoms with van der Waals surface area (Å²) in [7, 11) is 3.66. The maximum absolute atomic E-state index is 10.4. The molecule has 11 nitrogen and oxygen atoms in total. The Labute approximate surface area is 215 Å². The van der Waals surface area contributed by atoms with Crippen molar-refractivity contribution in [3.8, 4) is 0 Å². The van der Waals surface area contributed by atoms with Gasteiger partial charge < -0.3 is 0 Å². The number of hydrogen-bond acceptors (Lipinski definition) is 8. The number of fused-ring (bicyclic) bond motifs is 2. The highest BCUT2D eigenvalue weighted by molar-refractivity contribution is 9.08. The molecule has 0 aliphatic carbocycles. The lowest BCUT2D eigenvalue weighted by Gasteiger charge is -1.97. The Kier molecular flexibility index (Phi) is 8.32. The van der Waals surface area contributed by atoms with E-state index in [2.05, 4.69) is 62.2 Å². The molecule has 1 saturated heterocycles. The monoisotopic (exact) mass is 619 g/mol. The number of imide groups is 1. The number of alkyl halides is 1. The Morgan fingerprint density at radius 2 is 1.36 bits per heavy atom. The summed E-state index contributed by atoms with van der Waals surface area (Å²) in [6, 6.07) is 0. The zero-order chi connectivity index (χ0) is 24.3. The highest BCUT2D eigenvalue weighted by Crippen LogP contribution is 2.24. The van der Waals surface area contributed by atoms with Gasteiger partial charge in [0.05, 0.1) is 38.3 Å². The second-order valence-electron chi connectivity index (χ2n) is 6.71. The maximum atomic E-state index is 10.4. The molecule has 33 heavy (non-hydrogen) atoms. The van der Waals surface area contributed by atoms with Crippen molar-refractivity contribution in [3.63, 3.8) is 0 Å². The van der Waals surface area contributed by atoms with Gasteiger partial charge in [-0.1, -0.05) is 39.1 Å². The third-order valence-electron chi connectivity index (χ3n) is 4.51. The van der Waals surface area contributed by atoms with Crippen LogP contribution in [-0.4, -0.2) is 55.2 Å². The van der Waals surface area contributed by atoms with E-state index in [0.717, 1.165) is 37.4 Å². The number of rotatable bonds is 1. The van der Waals surface area contributed by atoms with Crippen LogP contribution < -0.4 is 0 Å². The Bertz CT molecular complexity index is 1330. The summed E-state index contributed by atoms with van der Waals surface area (Å²) in [5.74, 6) is -0.287. The molecule has 174 valence electrons. The number of hydrogen-bond donors (Lipinski definition) is 0. The first kappa shape index (κ1) is 25.4. The van der Waals surface area contributed by atoms with Gasteiger partial charge in [0.15, 0.2) is 11.3 Å². The molecule has 0 atom stereocenters. The fraction of sp³-hybridized carbons (Fsp3) is 0.333. The molecule has 5 rings (SSSR count). The SMILES string of the molecule is Cc1nn(C)c2ncnc(Cl)c12.Cn1nc(CBr)c2c(Cl)ncnc21.O=C1CCC(=O)N1Br. The van der Waals surface area contributed by atoms with Gasteiger partial charge in [0, 0.05) is 32.3 Å². The van der Waals surface area contributed by atoms with Crippen LogP contribution in [0.3, 0.4) is 0 Å². The molecular weight excluding hydrogens is 605 g/mol. The van der Waals surface area contributed by atoms with Crippen molar-refractivity contribution >= 4 is 89.2 Å². The van der Waals surface area contributed by atoms with Crippen LogP contribution in [0.25, 0.3) is 22.1 Å². The highest BCUT2D eigenvalue weighted by Gasteiger charge is 2.26. The van der Waals surface area contributed by atoms with Crippen molar-refractivity contribution in [2.75, 3.05) is 0 Å². The minimum absolute atomic E-state index is 0.144. The number of halogens is 4. The Morgan fingerprint density at radius 3 is 1.82 bits per heavy atom. The molecule has 0 bridgehead atoms. The normalized spacial score (nSPS) is 13.2. The van der Waals surface area contributed by atoms with Gasteiger partial charge in [0.25, 0.3) is 0 Å². The van der Waals surface area contributed by atoms with Crippen molar-refractivity contribution in [1.29, 1.82) is 0 Å². The van der Waals surface area contributed by atoms with Gasteiger partial charge in [-0.3, -0.25) is 19.0 Å². The molecule has 1 aliphatic heterocycles. The number of nitrogens with zero attached hydrogens (tertiary/aromatic N) is 9. The van der Waals surface area contributed by atoms with E-state index in [1.807, 2.05) is 21.0 Å². The molecule has 1 aliphatic rings. The summed E-state index contributed by atoms with van der Waals surface area (Å²) in [5, 5.41) is 11.7. The van der Waals surface area contributed by atoms with Crippen molar-refractivity contribution < 1.29 is 9.59 Å². The van der Waals surface area contributed by atoms with Crippen LogP contribution in [0.15, 0.2) is 12.7 Å². The van der Waals surface area contributed by atoms with Crippen LogP contribution in [0.5, 0.6) is 0 Å². The second kappa shape index (κ2) is 10.8. The van der Waals surface area contributed by atoms with Gasteiger partial charge in [-0.05, 0) is 6.92 Å². The minimum Gasteiger partial charge on any atom is -0.274 e. The van der Waals surface area contributed by atoms with Crippen molar-refractivity contribution in [1.82, 2.24) is 43.4 Å². The predicted molar refractivity (Wildman–Crippen MR) is 130 cm³/mol. The van der Waals surface area contributed by atoms with E-state index in [1.54, 1.807) is 9.36 Å². The third kappa shape index (κ3) is 5.48. The van der Waals surface area contributed by atoms with E-state index in [9.17, 15) is 9.59 Å². The predicted octanol–water partition coefficient (Wildman–Crippen LogP) is 3.68. The summed E-state index contributed by atoms with van der Waals surface area (Å²) < 4.78 is 4.37. The van der Waals surface area contributed by atoms with Crippen LogP contribution in [0.4, 0.5) is 0 Å². The molecule has 0 unspecified atom stereocenters. The molecule has 0 N–H and O–H groups in total. The number of aromatic nitrogens is 8. The molecular formula is C18H17Br2Cl2N9O2. The topological polar surface area (TPSA) is 125 Å². The van der Waals surface area contributed by atoms with E-state index in [-0.39, 0.29) is 11.8 Å². The maximum Gasteiger partial charge on any atom is 0.239 e. The van der Waals surface area contributed by atoms with Gasteiger partial charge in [-0.2, -0.15) is 10.2 Å².